The number of anilines is 1. The quantitative estimate of drug-likeness (QED) is 0.800. The Labute approximate surface area is 94.8 Å². The van der Waals surface area contributed by atoms with E-state index in [-0.39, 0.29) is 11.6 Å². The summed E-state index contributed by atoms with van der Waals surface area (Å²) in [5, 5.41) is 7.91. The molecule has 0 aromatic carbocycles. The fourth-order valence-electron chi connectivity index (χ4n) is 1.72. The molecule has 2 rings (SSSR count). The van der Waals surface area contributed by atoms with Crippen molar-refractivity contribution in [3.63, 3.8) is 0 Å². The third-order valence-corrected chi connectivity index (χ3v) is 2.52. The zero-order valence-electron chi connectivity index (χ0n) is 9.93. The monoisotopic (exact) mass is 226 g/mol. The molecule has 1 atom stereocenters. The van der Waals surface area contributed by atoms with E-state index < -0.39 is 0 Å². The first-order valence-corrected chi connectivity index (χ1v) is 5.46. The number of rotatable bonds is 2. The van der Waals surface area contributed by atoms with Crippen molar-refractivity contribution in [1.29, 1.82) is 0 Å². The molecule has 1 aromatic rings. The lowest BCUT2D eigenvalue weighted by molar-refractivity contribution is -0.0290. The molecule has 0 radical (unpaired) electrons. The number of ether oxygens (including phenoxy) is 1. The summed E-state index contributed by atoms with van der Waals surface area (Å²) >= 11 is 0. The molecule has 0 bridgehead atoms. The second-order valence-corrected chi connectivity index (χ2v) is 4.74. The van der Waals surface area contributed by atoms with E-state index in [0.717, 1.165) is 13.1 Å². The van der Waals surface area contributed by atoms with E-state index in [4.69, 9.17) is 14.9 Å². The van der Waals surface area contributed by atoms with Gasteiger partial charge in [-0.15, -0.1) is 5.10 Å². The summed E-state index contributed by atoms with van der Waals surface area (Å²) in [4.78, 5) is 2.03. The number of nitrogens with zero attached hydrogens (tertiary/aromatic N) is 3. The summed E-state index contributed by atoms with van der Waals surface area (Å²) in [6, 6.07) is 0.305. The molecule has 0 spiro atoms. The number of morpholine rings is 1. The van der Waals surface area contributed by atoms with Crippen molar-refractivity contribution in [3.05, 3.63) is 5.89 Å². The third kappa shape index (κ3) is 2.33. The normalized spacial score (nSPS) is 22.1. The highest BCUT2D eigenvalue weighted by Gasteiger charge is 2.30. The van der Waals surface area contributed by atoms with Gasteiger partial charge in [-0.3, -0.25) is 0 Å². The van der Waals surface area contributed by atoms with E-state index >= 15 is 0 Å². The van der Waals surface area contributed by atoms with Gasteiger partial charge in [0.25, 0.3) is 0 Å². The van der Waals surface area contributed by atoms with Crippen molar-refractivity contribution in [2.24, 2.45) is 5.73 Å². The predicted molar refractivity (Wildman–Crippen MR) is 59.1 cm³/mol. The Morgan fingerprint density at radius 1 is 1.44 bits per heavy atom. The molecule has 2 N–H and O–H groups in total. The molecule has 0 amide bonds. The molecule has 6 heteroatoms. The van der Waals surface area contributed by atoms with Crippen molar-refractivity contribution >= 4 is 6.01 Å². The molecule has 6 nitrogen and oxygen atoms in total. The highest BCUT2D eigenvalue weighted by Crippen LogP contribution is 2.22. The van der Waals surface area contributed by atoms with Crippen LogP contribution in [0.5, 0.6) is 0 Å². The SMILES string of the molecule is CC(N)c1nnc(N2CCOC(C)(C)C2)o1. The Kier molecular flexibility index (Phi) is 2.86. The molecule has 90 valence electrons. The van der Waals surface area contributed by atoms with Crippen molar-refractivity contribution < 1.29 is 9.15 Å². The molecule has 1 unspecified atom stereocenters. The molecular weight excluding hydrogens is 208 g/mol. The van der Waals surface area contributed by atoms with Crippen molar-refractivity contribution in [2.75, 3.05) is 24.6 Å². The van der Waals surface area contributed by atoms with Crippen LogP contribution in [0.1, 0.15) is 32.7 Å². The average Bonchev–Trinajstić information content (AvgIpc) is 2.64. The van der Waals surface area contributed by atoms with Crippen molar-refractivity contribution in [1.82, 2.24) is 10.2 Å². The van der Waals surface area contributed by atoms with Gasteiger partial charge in [-0.05, 0) is 20.8 Å². The number of nitrogens with two attached hydrogens (primary N) is 1. The van der Waals surface area contributed by atoms with Gasteiger partial charge < -0.3 is 19.8 Å². The number of aromatic nitrogens is 2. The molecular formula is C10H18N4O2. The predicted octanol–water partition coefficient (Wildman–Crippen LogP) is 0.704. The number of hydrogen-bond donors (Lipinski definition) is 1. The summed E-state index contributed by atoms with van der Waals surface area (Å²) in [5.74, 6) is 0.472. The summed E-state index contributed by atoms with van der Waals surface area (Å²) in [6.45, 7) is 8.09. The van der Waals surface area contributed by atoms with Crippen molar-refractivity contribution in [2.45, 2.75) is 32.4 Å². The lowest BCUT2D eigenvalue weighted by Crippen LogP contribution is -2.48. The van der Waals surface area contributed by atoms with Crippen LogP contribution in [0.4, 0.5) is 6.01 Å². The van der Waals surface area contributed by atoms with Gasteiger partial charge in [0, 0.05) is 6.54 Å². The molecule has 0 aliphatic carbocycles. The maximum atomic E-state index is 5.67. The molecule has 1 fully saturated rings. The van der Waals surface area contributed by atoms with Crippen LogP contribution >= 0.6 is 0 Å². The summed E-state index contributed by atoms with van der Waals surface area (Å²) in [6.07, 6.45) is 0. The first-order valence-electron chi connectivity index (χ1n) is 5.46. The van der Waals surface area contributed by atoms with Crippen LogP contribution in [0.3, 0.4) is 0 Å². The van der Waals surface area contributed by atoms with Crippen molar-refractivity contribution in [3.8, 4) is 0 Å². The smallest absolute Gasteiger partial charge is 0.318 e. The highest BCUT2D eigenvalue weighted by molar-refractivity contribution is 5.26. The standard InChI is InChI=1S/C10H18N4O2/c1-7(11)8-12-13-9(16-8)14-4-5-15-10(2,3)6-14/h7H,4-6,11H2,1-3H3. The van der Waals surface area contributed by atoms with E-state index in [0.29, 0.717) is 18.5 Å². The van der Waals surface area contributed by atoms with Crippen LogP contribution in [0.25, 0.3) is 0 Å². The minimum atomic E-state index is -0.227. The first kappa shape index (κ1) is 11.3. The fraction of sp³-hybridized carbons (Fsp3) is 0.800. The van der Waals surface area contributed by atoms with Crippen LogP contribution in [-0.4, -0.2) is 35.5 Å². The molecule has 1 saturated heterocycles. The van der Waals surface area contributed by atoms with E-state index in [2.05, 4.69) is 10.2 Å². The van der Waals surface area contributed by atoms with Crippen LogP contribution < -0.4 is 10.6 Å². The van der Waals surface area contributed by atoms with E-state index in [1.165, 1.54) is 0 Å². The zero-order chi connectivity index (χ0) is 11.8. The third-order valence-electron chi connectivity index (χ3n) is 2.52. The Morgan fingerprint density at radius 3 is 2.75 bits per heavy atom. The van der Waals surface area contributed by atoms with Gasteiger partial charge in [0.1, 0.15) is 0 Å². The highest BCUT2D eigenvalue weighted by atomic mass is 16.5. The molecule has 1 aliphatic heterocycles. The maximum Gasteiger partial charge on any atom is 0.318 e. The minimum Gasteiger partial charge on any atom is -0.406 e. The van der Waals surface area contributed by atoms with E-state index in [9.17, 15) is 0 Å². The summed E-state index contributed by atoms with van der Waals surface area (Å²) in [5.41, 5.74) is 5.49. The molecule has 16 heavy (non-hydrogen) atoms. The Hall–Kier alpha value is -1.14. The van der Waals surface area contributed by atoms with E-state index in [1.807, 2.05) is 25.7 Å². The Bertz CT molecular complexity index is 361. The maximum absolute atomic E-state index is 5.67. The van der Waals surface area contributed by atoms with Gasteiger partial charge in [0.2, 0.25) is 5.89 Å². The largest absolute Gasteiger partial charge is 0.406 e. The molecule has 1 aromatic heterocycles. The van der Waals surface area contributed by atoms with Gasteiger partial charge in [-0.2, -0.15) is 0 Å². The lowest BCUT2D eigenvalue weighted by atomic mass is 10.1. The summed E-state index contributed by atoms with van der Waals surface area (Å²) < 4.78 is 11.1. The second-order valence-electron chi connectivity index (χ2n) is 4.74. The van der Waals surface area contributed by atoms with Gasteiger partial charge >= 0.3 is 6.01 Å². The van der Waals surface area contributed by atoms with Gasteiger partial charge in [-0.25, -0.2) is 0 Å². The minimum absolute atomic E-state index is 0.179. The summed E-state index contributed by atoms with van der Waals surface area (Å²) in [7, 11) is 0. The average molecular weight is 226 g/mol. The Balaban J connectivity index is 2.11. The van der Waals surface area contributed by atoms with Gasteiger partial charge in [0.05, 0.1) is 24.8 Å². The zero-order valence-corrected chi connectivity index (χ0v) is 9.93. The Morgan fingerprint density at radius 2 is 2.19 bits per heavy atom. The molecule has 1 aliphatic rings. The lowest BCUT2D eigenvalue weighted by Gasteiger charge is -2.36. The van der Waals surface area contributed by atoms with Crippen LogP contribution in [0, 0.1) is 0 Å². The van der Waals surface area contributed by atoms with Crippen LogP contribution in [0.2, 0.25) is 0 Å². The first-order chi connectivity index (χ1) is 7.48. The second kappa shape index (κ2) is 4.03. The van der Waals surface area contributed by atoms with Crippen LogP contribution in [-0.2, 0) is 4.74 Å². The van der Waals surface area contributed by atoms with Crippen LogP contribution in [0.15, 0.2) is 4.42 Å². The molecule has 0 saturated carbocycles. The van der Waals surface area contributed by atoms with Gasteiger partial charge in [-0.1, -0.05) is 5.10 Å². The number of hydrogen-bond acceptors (Lipinski definition) is 6. The van der Waals surface area contributed by atoms with E-state index in [1.54, 1.807) is 0 Å². The molecule has 2 heterocycles. The topological polar surface area (TPSA) is 77.4 Å². The van der Waals surface area contributed by atoms with Gasteiger partial charge in [0.15, 0.2) is 0 Å². The fourth-order valence-corrected chi connectivity index (χ4v) is 1.72.